The van der Waals surface area contributed by atoms with Gasteiger partial charge < -0.3 is 9.64 Å². The molecule has 0 unspecified atom stereocenters. The molecule has 4 rings (SSSR count). The van der Waals surface area contributed by atoms with Crippen molar-refractivity contribution in [2.24, 2.45) is 0 Å². The quantitative estimate of drug-likeness (QED) is 0.738. The van der Waals surface area contributed by atoms with Crippen molar-refractivity contribution >= 4 is 16.9 Å². The maximum atomic E-state index is 13.6. The van der Waals surface area contributed by atoms with Crippen molar-refractivity contribution in [3.63, 3.8) is 0 Å². The van der Waals surface area contributed by atoms with Crippen LogP contribution in [0.25, 0.3) is 11.0 Å². The van der Waals surface area contributed by atoms with Gasteiger partial charge in [-0.25, -0.2) is 19.3 Å². The lowest BCUT2D eigenvalue weighted by Gasteiger charge is -2.39. The van der Waals surface area contributed by atoms with Gasteiger partial charge in [-0.1, -0.05) is 18.2 Å². The Morgan fingerprint density at radius 3 is 2.83 bits per heavy atom. The summed E-state index contributed by atoms with van der Waals surface area (Å²) in [5.41, 5.74) is 3.17. The maximum absolute atomic E-state index is 13.6. The molecule has 0 amide bonds. The van der Waals surface area contributed by atoms with Gasteiger partial charge in [-0.3, -0.25) is 0 Å². The molecule has 24 heavy (non-hydrogen) atoms. The molecule has 0 radical (unpaired) electrons. The normalized spacial score (nSPS) is 14.8. The van der Waals surface area contributed by atoms with E-state index < -0.39 is 0 Å². The van der Waals surface area contributed by atoms with Crippen LogP contribution in [0.2, 0.25) is 0 Å². The highest BCUT2D eigenvalue weighted by molar-refractivity contribution is 5.85. The number of hydrogen-bond acceptors (Lipinski definition) is 5. The molecule has 1 fully saturated rings. The largest absolute Gasteiger partial charge is 0.370 e. The molecular formula is C18H17FN4O. The summed E-state index contributed by atoms with van der Waals surface area (Å²) in [6, 6.07) is 10.6. The van der Waals surface area contributed by atoms with E-state index in [-0.39, 0.29) is 18.5 Å². The first-order valence-corrected chi connectivity index (χ1v) is 7.89. The Labute approximate surface area is 139 Å². The van der Waals surface area contributed by atoms with Crippen LogP contribution >= 0.6 is 0 Å². The van der Waals surface area contributed by atoms with Crippen LogP contribution in [0.15, 0.2) is 42.7 Å². The summed E-state index contributed by atoms with van der Waals surface area (Å²) >= 11 is 0. The molecule has 2 aromatic heterocycles. The van der Waals surface area contributed by atoms with Crippen molar-refractivity contribution in [2.45, 2.75) is 19.6 Å². The van der Waals surface area contributed by atoms with Crippen molar-refractivity contribution in [1.29, 1.82) is 0 Å². The van der Waals surface area contributed by atoms with Crippen LogP contribution in [0.5, 0.6) is 0 Å². The molecule has 3 aromatic rings. The number of benzene rings is 1. The predicted octanol–water partition coefficient (Wildman–Crippen LogP) is 2.88. The lowest BCUT2D eigenvalue weighted by Crippen LogP contribution is -2.52. The van der Waals surface area contributed by atoms with Crippen molar-refractivity contribution in [1.82, 2.24) is 15.0 Å². The summed E-state index contributed by atoms with van der Waals surface area (Å²) in [4.78, 5) is 15.3. The van der Waals surface area contributed by atoms with E-state index in [1.165, 1.54) is 6.07 Å². The van der Waals surface area contributed by atoms with Crippen LogP contribution < -0.4 is 4.90 Å². The van der Waals surface area contributed by atoms with E-state index >= 15 is 0 Å². The number of halogens is 1. The maximum Gasteiger partial charge on any atom is 0.158 e. The number of fused-ring (bicyclic) bond motifs is 1. The Hall–Kier alpha value is -2.60. The Bertz CT molecular complexity index is 880. The zero-order chi connectivity index (χ0) is 16.5. The van der Waals surface area contributed by atoms with Crippen molar-refractivity contribution < 1.29 is 9.13 Å². The van der Waals surface area contributed by atoms with Crippen molar-refractivity contribution in [3.05, 3.63) is 59.8 Å². The number of anilines is 1. The van der Waals surface area contributed by atoms with Crippen molar-refractivity contribution in [3.8, 4) is 0 Å². The van der Waals surface area contributed by atoms with Crippen LogP contribution in [0.1, 0.15) is 11.3 Å². The third-order valence-electron chi connectivity index (χ3n) is 4.18. The second-order valence-electron chi connectivity index (χ2n) is 5.95. The van der Waals surface area contributed by atoms with Crippen LogP contribution in [-0.2, 0) is 11.3 Å². The van der Waals surface area contributed by atoms with E-state index in [0.29, 0.717) is 5.56 Å². The average Bonchev–Trinajstić information content (AvgIpc) is 2.55. The number of nitrogens with zero attached hydrogens (tertiary/aromatic N) is 4. The standard InChI is InChI=1S/C18H17FN4O/c1-12-6-7-16-17(22-12)18(21-11-20-16)23-8-14(9-23)24-10-13-4-2-3-5-15(13)19/h2-7,11,14H,8-10H2,1H3. The number of aromatic nitrogens is 3. The molecule has 0 N–H and O–H groups in total. The fourth-order valence-corrected chi connectivity index (χ4v) is 2.80. The highest BCUT2D eigenvalue weighted by atomic mass is 19.1. The summed E-state index contributed by atoms with van der Waals surface area (Å²) in [6.45, 7) is 3.67. The minimum absolute atomic E-state index is 0.0689. The first-order chi connectivity index (χ1) is 11.7. The number of hydrogen-bond donors (Lipinski definition) is 0. The smallest absolute Gasteiger partial charge is 0.158 e. The third kappa shape index (κ3) is 2.80. The number of rotatable bonds is 4. The first-order valence-electron chi connectivity index (χ1n) is 7.89. The molecule has 1 aliphatic rings. The monoisotopic (exact) mass is 324 g/mol. The van der Waals surface area contributed by atoms with E-state index in [0.717, 1.165) is 35.6 Å². The second kappa shape index (κ2) is 6.13. The van der Waals surface area contributed by atoms with E-state index in [4.69, 9.17) is 4.74 Å². The zero-order valence-corrected chi connectivity index (χ0v) is 13.3. The SMILES string of the molecule is Cc1ccc2ncnc(N3CC(OCc4ccccc4F)C3)c2n1. The van der Waals surface area contributed by atoms with E-state index in [2.05, 4.69) is 19.9 Å². The lowest BCUT2D eigenvalue weighted by molar-refractivity contribution is 0.0209. The van der Waals surface area contributed by atoms with Gasteiger partial charge >= 0.3 is 0 Å². The second-order valence-corrected chi connectivity index (χ2v) is 5.95. The Morgan fingerprint density at radius 1 is 1.17 bits per heavy atom. The van der Waals surface area contributed by atoms with Gasteiger partial charge in [-0.05, 0) is 25.1 Å². The Morgan fingerprint density at radius 2 is 2.00 bits per heavy atom. The van der Waals surface area contributed by atoms with E-state index in [1.54, 1.807) is 18.5 Å². The minimum atomic E-state index is -0.227. The van der Waals surface area contributed by atoms with Crippen LogP contribution in [0, 0.1) is 12.7 Å². The number of ether oxygens (including phenoxy) is 1. The molecular weight excluding hydrogens is 307 g/mol. The first kappa shape index (κ1) is 15.0. The summed E-state index contributed by atoms with van der Waals surface area (Å²) in [7, 11) is 0. The highest BCUT2D eigenvalue weighted by Crippen LogP contribution is 2.26. The van der Waals surface area contributed by atoms with Crippen molar-refractivity contribution in [2.75, 3.05) is 18.0 Å². The van der Waals surface area contributed by atoms with Gasteiger partial charge in [0.2, 0.25) is 0 Å². The van der Waals surface area contributed by atoms with Crippen LogP contribution in [-0.4, -0.2) is 34.1 Å². The average molecular weight is 324 g/mol. The van der Waals surface area contributed by atoms with Crippen LogP contribution in [0.3, 0.4) is 0 Å². The van der Waals surface area contributed by atoms with Gasteiger partial charge in [0.25, 0.3) is 0 Å². The summed E-state index contributed by atoms with van der Waals surface area (Å²) in [5, 5.41) is 0. The van der Waals surface area contributed by atoms with Gasteiger partial charge in [0, 0.05) is 24.3 Å². The lowest BCUT2D eigenvalue weighted by atomic mass is 10.1. The molecule has 1 aromatic carbocycles. The molecule has 1 saturated heterocycles. The van der Waals surface area contributed by atoms with Crippen LogP contribution in [0.4, 0.5) is 10.2 Å². The fourth-order valence-electron chi connectivity index (χ4n) is 2.80. The minimum Gasteiger partial charge on any atom is -0.370 e. The highest BCUT2D eigenvalue weighted by Gasteiger charge is 2.30. The molecule has 6 heteroatoms. The Balaban J connectivity index is 1.43. The molecule has 1 aliphatic heterocycles. The molecule has 0 spiro atoms. The molecule has 0 bridgehead atoms. The Kier molecular flexibility index (Phi) is 3.82. The summed E-state index contributed by atoms with van der Waals surface area (Å²) in [5.74, 6) is 0.601. The molecule has 5 nitrogen and oxygen atoms in total. The van der Waals surface area contributed by atoms with E-state index in [1.807, 2.05) is 25.1 Å². The molecule has 0 atom stereocenters. The topological polar surface area (TPSA) is 51.1 Å². The fraction of sp³-hybridized carbons (Fsp3) is 0.278. The predicted molar refractivity (Wildman–Crippen MR) is 89.3 cm³/mol. The summed E-state index contributed by atoms with van der Waals surface area (Å²) < 4.78 is 19.4. The zero-order valence-electron chi connectivity index (χ0n) is 13.3. The number of aryl methyl sites for hydroxylation is 1. The van der Waals surface area contributed by atoms with Gasteiger partial charge in [-0.15, -0.1) is 0 Å². The molecule has 122 valence electrons. The van der Waals surface area contributed by atoms with Gasteiger partial charge in [0.15, 0.2) is 5.82 Å². The van der Waals surface area contributed by atoms with Gasteiger partial charge in [0.05, 0.1) is 18.2 Å². The molecule has 3 heterocycles. The van der Waals surface area contributed by atoms with Gasteiger partial charge in [-0.2, -0.15) is 0 Å². The summed E-state index contributed by atoms with van der Waals surface area (Å²) in [6.07, 6.45) is 1.63. The number of pyridine rings is 1. The third-order valence-corrected chi connectivity index (χ3v) is 4.18. The van der Waals surface area contributed by atoms with E-state index in [9.17, 15) is 4.39 Å². The molecule has 0 saturated carbocycles. The van der Waals surface area contributed by atoms with Gasteiger partial charge in [0.1, 0.15) is 17.7 Å². The molecule has 0 aliphatic carbocycles.